The van der Waals surface area contributed by atoms with Crippen LogP contribution >= 0.6 is 0 Å². The average Bonchev–Trinajstić information content (AvgIpc) is 2.34. The van der Waals surface area contributed by atoms with Gasteiger partial charge in [-0.25, -0.2) is 0 Å². The zero-order valence-corrected chi connectivity index (χ0v) is 11.9. The quantitative estimate of drug-likeness (QED) is 0.252. The van der Waals surface area contributed by atoms with E-state index in [1.165, 1.54) is 19.3 Å². The summed E-state index contributed by atoms with van der Waals surface area (Å²) < 4.78 is 6.03. The Bertz CT molecular complexity index is 267. The normalized spacial score (nSPS) is 29.8. The lowest BCUT2D eigenvalue weighted by atomic mass is 9.75. The summed E-state index contributed by atoms with van der Waals surface area (Å²) in [5, 5.41) is 11.4. The number of oxime groups is 1. The van der Waals surface area contributed by atoms with Crippen LogP contribution in [-0.2, 0) is 4.74 Å². The van der Waals surface area contributed by atoms with Crippen molar-refractivity contribution in [3.8, 4) is 0 Å². The van der Waals surface area contributed by atoms with Gasteiger partial charge in [0, 0.05) is 13.0 Å². The van der Waals surface area contributed by atoms with E-state index in [1.807, 2.05) is 0 Å². The highest BCUT2D eigenvalue weighted by molar-refractivity contribution is 5.79. The molecule has 0 saturated heterocycles. The fourth-order valence-electron chi connectivity index (χ4n) is 2.84. The Kier molecular flexibility index (Phi) is 6.47. The van der Waals surface area contributed by atoms with Gasteiger partial charge in [0.2, 0.25) is 0 Å². The summed E-state index contributed by atoms with van der Waals surface area (Å²) in [4.78, 5) is 0. The molecule has 0 heterocycles. The predicted molar refractivity (Wildman–Crippen MR) is 73.7 cm³/mol. The van der Waals surface area contributed by atoms with Crippen LogP contribution in [0.2, 0.25) is 0 Å². The van der Waals surface area contributed by atoms with E-state index in [4.69, 9.17) is 15.7 Å². The van der Waals surface area contributed by atoms with Gasteiger partial charge in [0.05, 0.1) is 6.10 Å². The van der Waals surface area contributed by atoms with Crippen LogP contribution in [0.5, 0.6) is 0 Å². The van der Waals surface area contributed by atoms with Crippen molar-refractivity contribution in [3.63, 3.8) is 0 Å². The zero-order chi connectivity index (χ0) is 13.5. The second kappa shape index (κ2) is 7.62. The van der Waals surface area contributed by atoms with Crippen LogP contribution in [0.15, 0.2) is 5.16 Å². The summed E-state index contributed by atoms with van der Waals surface area (Å²) >= 11 is 0. The van der Waals surface area contributed by atoms with Crippen molar-refractivity contribution in [2.75, 3.05) is 6.61 Å². The molecular formula is C14H28N2O2. The number of amidine groups is 1. The molecule has 1 aliphatic carbocycles. The Balaban J connectivity index is 2.32. The van der Waals surface area contributed by atoms with Gasteiger partial charge in [-0.2, -0.15) is 0 Å². The van der Waals surface area contributed by atoms with Crippen LogP contribution in [0.4, 0.5) is 0 Å². The molecule has 3 atom stereocenters. The van der Waals surface area contributed by atoms with Crippen LogP contribution in [0, 0.1) is 17.8 Å². The first-order chi connectivity index (χ1) is 8.54. The van der Waals surface area contributed by atoms with Crippen molar-refractivity contribution < 1.29 is 9.94 Å². The molecule has 1 aliphatic rings. The molecule has 1 fully saturated rings. The van der Waals surface area contributed by atoms with E-state index < -0.39 is 0 Å². The maximum atomic E-state index is 8.45. The molecule has 4 heteroatoms. The van der Waals surface area contributed by atoms with Gasteiger partial charge in [-0.1, -0.05) is 32.3 Å². The van der Waals surface area contributed by atoms with E-state index in [0.717, 1.165) is 12.3 Å². The molecule has 3 unspecified atom stereocenters. The topological polar surface area (TPSA) is 67.8 Å². The van der Waals surface area contributed by atoms with Crippen LogP contribution < -0.4 is 5.73 Å². The molecule has 1 saturated carbocycles. The predicted octanol–water partition coefficient (Wildman–Crippen LogP) is 2.99. The van der Waals surface area contributed by atoms with E-state index in [9.17, 15) is 0 Å². The largest absolute Gasteiger partial charge is 0.409 e. The molecule has 3 N–H and O–H groups in total. The average molecular weight is 256 g/mol. The fourth-order valence-corrected chi connectivity index (χ4v) is 2.84. The molecule has 0 spiro atoms. The second-order valence-electron chi connectivity index (χ2n) is 5.93. The number of hydrogen-bond acceptors (Lipinski definition) is 3. The van der Waals surface area contributed by atoms with Crippen LogP contribution in [0.3, 0.4) is 0 Å². The molecule has 106 valence electrons. The monoisotopic (exact) mass is 256 g/mol. The van der Waals surface area contributed by atoms with E-state index >= 15 is 0 Å². The van der Waals surface area contributed by atoms with Crippen LogP contribution in [-0.4, -0.2) is 23.8 Å². The van der Waals surface area contributed by atoms with E-state index in [1.54, 1.807) is 0 Å². The maximum absolute atomic E-state index is 8.45. The third-order valence-corrected chi connectivity index (χ3v) is 4.00. The van der Waals surface area contributed by atoms with Gasteiger partial charge in [-0.3, -0.25) is 0 Å². The van der Waals surface area contributed by atoms with Gasteiger partial charge in [-0.15, -0.1) is 0 Å². The minimum absolute atomic E-state index is 0.288. The first-order valence-corrected chi connectivity index (χ1v) is 7.12. The smallest absolute Gasteiger partial charge is 0.139 e. The Hall–Kier alpha value is -0.770. The molecule has 1 rings (SSSR count). The molecule has 0 aromatic carbocycles. The van der Waals surface area contributed by atoms with Gasteiger partial charge < -0.3 is 15.7 Å². The van der Waals surface area contributed by atoms with Gasteiger partial charge in [0.25, 0.3) is 0 Å². The molecular weight excluding hydrogens is 228 g/mol. The van der Waals surface area contributed by atoms with E-state index in [0.29, 0.717) is 31.0 Å². The highest BCUT2D eigenvalue weighted by atomic mass is 16.5. The summed E-state index contributed by atoms with van der Waals surface area (Å²) in [5.74, 6) is 2.43. The molecule has 18 heavy (non-hydrogen) atoms. The van der Waals surface area contributed by atoms with Crippen molar-refractivity contribution in [1.82, 2.24) is 0 Å². The summed E-state index contributed by atoms with van der Waals surface area (Å²) in [7, 11) is 0. The Labute approximate surface area is 111 Å². The number of hydrogen-bond donors (Lipinski definition) is 2. The van der Waals surface area contributed by atoms with Crippen molar-refractivity contribution in [2.24, 2.45) is 28.6 Å². The van der Waals surface area contributed by atoms with E-state index in [2.05, 4.69) is 25.9 Å². The lowest BCUT2D eigenvalue weighted by Gasteiger charge is -2.37. The van der Waals surface area contributed by atoms with Gasteiger partial charge in [-0.05, 0) is 37.0 Å². The summed E-state index contributed by atoms with van der Waals surface area (Å²) in [6, 6.07) is 0. The first kappa shape index (κ1) is 15.3. The number of rotatable bonds is 6. The molecule has 0 aromatic rings. The SMILES string of the molecule is CC1CCC(C(C)C)C(OCCC/C(N)=N/O)C1. The molecule has 0 amide bonds. The first-order valence-electron chi connectivity index (χ1n) is 7.12. The third kappa shape index (κ3) is 4.84. The van der Waals surface area contributed by atoms with Crippen LogP contribution in [0.1, 0.15) is 52.9 Å². The molecule has 0 aromatic heterocycles. The summed E-state index contributed by atoms with van der Waals surface area (Å²) in [6.07, 6.45) is 5.60. The highest BCUT2D eigenvalue weighted by Gasteiger charge is 2.31. The molecule has 4 nitrogen and oxygen atoms in total. The number of nitrogens with zero attached hydrogens (tertiary/aromatic N) is 1. The lowest BCUT2D eigenvalue weighted by Crippen LogP contribution is -2.34. The van der Waals surface area contributed by atoms with Crippen molar-refractivity contribution in [2.45, 2.75) is 59.0 Å². The van der Waals surface area contributed by atoms with Crippen LogP contribution in [0.25, 0.3) is 0 Å². The number of ether oxygens (including phenoxy) is 1. The minimum Gasteiger partial charge on any atom is -0.409 e. The fraction of sp³-hybridized carbons (Fsp3) is 0.929. The Morgan fingerprint density at radius 2 is 2.17 bits per heavy atom. The van der Waals surface area contributed by atoms with E-state index in [-0.39, 0.29) is 5.84 Å². The molecule has 0 aliphatic heterocycles. The maximum Gasteiger partial charge on any atom is 0.139 e. The van der Waals surface area contributed by atoms with Crippen molar-refractivity contribution in [1.29, 1.82) is 0 Å². The van der Waals surface area contributed by atoms with Gasteiger partial charge in [0.15, 0.2) is 0 Å². The third-order valence-electron chi connectivity index (χ3n) is 4.00. The summed E-state index contributed by atoms with van der Waals surface area (Å²) in [6.45, 7) is 7.58. The van der Waals surface area contributed by atoms with Crippen molar-refractivity contribution in [3.05, 3.63) is 0 Å². The Morgan fingerprint density at radius 3 is 2.78 bits per heavy atom. The lowest BCUT2D eigenvalue weighted by molar-refractivity contribution is -0.0385. The summed E-state index contributed by atoms with van der Waals surface area (Å²) in [5.41, 5.74) is 5.43. The van der Waals surface area contributed by atoms with Crippen molar-refractivity contribution >= 4 is 5.84 Å². The number of nitrogens with two attached hydrogens (primary N) is 1. The second-order valence-corrected chi connectivity index (χ2v) is 5.93. The minimum atomic E-state index is 0.288. The van der Waals surface area contributed by atoms with Gasteiger partial charge in [0.1, 0.15) is 5.84 Å². The zero-order valence-electron chi connectivity index (χ0n) is 11.9. The molecule has 0 radical (unpaired) electrons. The standard InChI is InChI=1S/C14H28N2O2/c1-10(2)12-7-6-11(3)9-13(12)18-8-4-5-14(15)16-17/h10-13,17H,4-9H2,1-3H3,(H2,15,16). The Morgan fingerprint density at radius 1 is 1.44 bits per heavy atom. The highest BCUT2D eigenvalue weighted by Crippen LogP contribution is 2.35. The molecule has 0 bridgehead atoms. The van der Waals surface area contributed by atoms with Gasteiger partial charge >= 0.3 is 0 Å².